The Balaban J connectivity index is 1.90. The molecule has 0 aliphatic heterocycles. The van der Waals surface area contributed by atoms with Gasteiger partial charge in [0.15, 0.2) is 23.4 Å². The minimum Gasteiger partial charge on any atom is -0.489 e. The summed E-state index contributed by atoms with van der Waals surface area (Å²) >= 11 is 0. The highest BCUT2D eigenvalue weighted by Crippen LogP contribution is 2.37. The van der Waals surface area contributed by atoms with Gasteiger partial charge in [0, 0.05) is 12.1 Å². The molecule has 0 saturated heterocycles. The first-order valence-electron chi connectivity index (χ1n) is 8.75. The van der Waals surface area contributed by atoms with Gasteiger partial charge in [0.2, 0.25) is 5.89 Å². The Morgan fingerprint density at radius 1 is 1.36 bits per heavy atom. The van der Waals surface area contributed by atoms with Gasteiger partial charge in [-0.25, -0.2) is 9.78 Å². The van der Waals surface area contributed by atoms with Crippen molar-refractivity contribution in [1.29, 1.82) is 0 Å². The molecular formula is C18H21F2N3O5. The van der Waals surface area contributed by atoms with Crippen LogP contribution in [0.4, 0.5) is 13.6 Å². The number of alkyl halides is 2. The number of hydrogen-bond acceptors (Lipinski definition) is 7. The first-order valence-corrected chi connectivity index (χ1v) is 8.75. The van der Waals surface area contributed by atoms with Crippen molar-refractivity contribution in [3.63, 3.8) is 0 Å². The quantitative estimate of drug-likeness (QED) is 0.665. The molecule has 1 aromatic carbocycles. The molecule has 0 spiro atoms. The Labute approximate surface area is 159 Å². The third-order valence-corrected chi connectivity index (χ3v) is 4.16. The number of nitrogens with two attached hydrogens (primary N) is 2. The second kappa shape index (κ2) is 8.42. The lowest BCUT2D eigenvalue weighted by Crippen LogP contribution is -2.16. The molecule has 2 aromatic rings. The fourth-order valence-corrected chi connectivity index (χ4v) is 2.62. The maximum absolute atomic E-state index is 12.7. The van der Waals surface area contributed by atoms with Crippen molar-refractivity contribution >= 4 is 6.09 Å². The van der Waals surface area contributed by atoms with E-state index < -0.39 is 18.8 Å². The van der Waals surface area contributed by atoms with Crippen LogP contribution in [-0.4, -0.2) is 24.3 Å². The second-order valence-electron chi connectivity index (χ2n) is 6.41. The van der Waals surface area contributed by atoms with E-state index in [0.717, 1.165) is 12.8 Å². The molecule has 10 heteroatoms. The van der Waals surface area contributed by atoms with Crippen molar-refractivity contribution in [1.82, 2.24) is 4.98 Å². The molecule has 1 saturated carbocycles. The highest BCUT2D eigenvalue weighted by Gasteiger charge is 2.25. The van der Waals surface area contributed by atoms with Gasteiger partial charge in [-0.2, -0.15) is 8.78 Å². The van der Waals surface area contributed by atoms with E-state index in [1.165, 1.54) is 18.2 Å². The van der Waals surface area contributed by atoms with Gasteiger partial charge in [-0.15, -0.1) is 0 Å². The van der Waals surface area contributed by atoms with E-state index in [2.05, 4.69) is 9.72 Å². The monoisotopic (exact) mass is 397 g/mol. The normalized spacial score (nSPS) is 14.8. The van der Waals surface area contributed by atoms with E-state index in [4.69, 9.17) is 25.4 Å². The number of ether oxygens (including phenoxy) is 3. The number of carbonyl (C=O) groups is 1. The van der Waals surface area contributed by atoms with E-state index >= 15 is 0 Å². The summed E-state index contributed by atoms with van der Waals surface area (Å²) < 4.78 is 46.1. The Morgan fingerprint density at radius 3 is 2.71 bits per heavy atom. The van der Waals surface area contributed by atoms with Crippen LogP contribution in [0.5, 0.6) is 11.5 Å². The van der Waals surface area contributed by atoms with E-state index in [0.29, 0.717) is 23.8 Å². The fraction of sp³-hybridized carbons (Fsp3) is 0.444. The van der Waals surface area contributed by atoms with Crippen LogP contribution in [0, 0.1) is 5.92 Å². The predicted octanol–water partition coefficient (Wildman–Crippen LogP) is 3.35. The van der Waals surface area contributed by atoms with Crippen molar-refractivity contribution in [3.8, 4) is 23.0 Å². The number of primary amides is 1. The van der Waals surface area contributed by atoms with Crippen LogP contribution >= 0.6 is 0 Å². The van der Waals surface area contributed by atoms with Crippen molar-refractivity contribution in [3.05, 3.63) is 29.7 Å². The number of hydrogen-bond donors (Lipinski definition) is 2. The molecule has 1 aromatic heterocycles. The Kier molecular flexibility index (Phi) is 5.98. The molecule has 1 fully saturated rings. The molecule has 1 atom stereocenters. The zero-order valence-electron chi connectivity index (χ0n) is 15.2. The molecule has 1 aliphatic carbocycles. The summed E-state index contributed by atoms with van der Waals surface area (Å²) in [7, 11) is 0. The van der Waals surface area contributed by atoms with Crippen LogP contribution < -0.4 is 20.9 Å². The molecule has 0 bridgehead atoms. The summed E-state index contributed by atoms with van der Waals surface area (Å²) in [6, 6.07) is 4.38. The zero-order valence-corrected chi connectivity index (χ0v) is 15.2. The smallest absolute Gasteiger partial charge is 0.405 e. The maximum atomic E-state index is 12.7. The van der Waals surface area contributed by atoms with Gasteiger partial charge in [0.1, 0.15) is 5.69 Å². The Hall–Kier alpha value is -2.88. The molecule has 3 rings (SSSR count). The van der Waals surface area contributed by atoms with Crippen LogP contribution in [0.15, 0.2) is 22.6 Å². The first kappa shape index (κ1) is 19.9. The summed E-state index contributed by atoms with van der Waals surface area (Å²) in [5.74, 6) is 0.947. The van der Waals surface area contributed by atoms with E-state index in [1.807, 2.05) is 0 Å². The highest BCUT2D eigenvalue weighted by molar-refractivity contribution is 5.65. The third-order valence-electron chi connectivity index (χ3n) is 4.16. The van der Waals surface area contributed by atoms with Gasteiger partial charge >= 0.3 is 12.7 Å². The van der Waals surface area contributed by atoms with Crippen molar-refractivity contribution in [2.24, 2.45) is 17.4 Å². The number of halogens is 2. The number of amides is 1. The molecular weight excluding hydrogens is 376 g/mol. The molecule has 1 aliphatic rings. The zero-order chi connectivity index (χ0) is 20.3. The van der Waals surface area contributed by atoms with Crippen LogP contribution in [0.3, 0.4) is 0 Å². The van der Waals surface area contributed by atoms with Crippen LogP contribution in [-0.2, 0) is 11.3 Å². The lowest BCUT2D eigenvalue weighted by Gasteiger charge is -2.13. The summed E-state index contributed by atoms with van der Waals surface area (Å²) in [5, 5.41) is 0. The standard InChI is InChI=1S/C18H21F2N3O5/c1-9(26-18(22)24)15-12(7-21)23-16(28-15)11-4-5-13(27-17(19)20)14(6-11)25-8-10-2-3-10/h4-6,9-10,17H,2-3,7-8,21H2,1H3,(H2,22,24). The van der Waals surface area contributed by atoms with Gasteiger partial charge in [0.05, 0.1) is 6.61 Å². The maximum Gasteiger partial charge on any atom is 0.405 e. The number of benzene rings is 1. The molecule has 0 radical (unpaired) electrons. The predicted molar refractivity (Wildman–Crippen MR) is 93.8 cm³/mol. The highest BCUT2D eigenvalue weighted by atomic mass is 19.3. The van der Waals surface area contributed by atoms with Gasteiger partial charge < -0.3 is 30.1 Å². The molecule has 1 unspecified atom stereocenters. The largest absolute Gasteiger partial charge is 0.489 e. The van der Waals surface area contributed by atoms with Gasteiger partial charge in [-0.3, -0.25) is 0 Å². The Morgan fingerprint density at radius 2 is 2.11 bits per heavy atom. The van der Waals surface area contributed by atoms with Gasteiger partial charge in [0.25, 0.3) is 0 Å². The van der Waals surface area contributed by atoms with E-state index in [-0.39, 0.29) is 29.7 Å². The number of nitrogens with zero attached hydrogens (tertiary/aromatic N) is 1. The third kappa shape index (κ3) is 4.89. The average molecular weight is 397 g/mol. The SMILES string of the molecule is CC(OC(N)=O)c1oc(-c2ccc(OC(F)F)c(OCC3CC3)c2)nc1CN. The van der Waals surface area contributed by atoms with E-state index in [1.54, 1.807) is 6.92 Å². The van der Waals surface area contributed by atoms with Crippen LogP contribution in [0.1, 0.15) is 37.3 Å². The Bertz CT molecular complexity index is 839. The molecule has 28 heavy (non-hydrogen) atoms. The lowest BCUT2D eigenvalue weighted by atomic mass is 10.2. The van der Waals surface area contributed by atoms with Crippen LogP contribution in [0.2, 0.25) is 0 Å². The summed E-state index contributed by atoms with van der Waals surface area (Å²) in [4.78, 5) is 15.3. The van der Waals surface area contributed by atoms with Crippen LogP contribution in [0.25, 0.3) is 11.5 Å². The number of rotatable bonds is 9. The topological polar surface area (TPSA) is 123 Å². The second-order valence-corrected chi connectivity index (χ2v) is 6.41. The van der Waals surface area contributed by atoms with E-state index in [9.17, 15) is 13.6 Å². The van der Waals surface area contributed by atoms with Crippen molar-refractivity contribution in [2.75, 3.05) is 6.61 Å². The lowest BCUT2D eigenvalue weighted by molar-refractivity contribution is -0.0515. The van der Waals surface area contributed by atoms with Gasteiger partial charge in [-0.1, -0.05) is 0 Å². The molecule has 1 amide bonds. The molecule has 152 valence electrons. The number of oxazole rings is 1. The average Bonchev–Trinajstić information content (AvgIpc) is 3.36. The summed E-state index contributed by atoms with van der Waals surface area (Å²) in [5.41, 5.74) is 11.6. The first-order chi connectivity index (χ1) is 13.4. The number of aromatic nitrogens is 1. The molecule has 8 nitrogen and oxygen atoms in total. The number of carbonyl (C=O) groups excluding carboxylic acids is 1. The summed E-state index contributed by atoms with van der Waals surface area (Å²) in [6.45, 7) is -0.948. The van der Waals surface area contributed by atoms with Crippen molar-refractivity contribution in [2.45, 2.75) is 39.0 Å². The van der Waals surface area contributed by atoms with Crippen molar-refractivity contribution < 1.29 is 32.2 Å². The molecule has 1 heterocycles. The summed E-state index contributed by atoms with van der Waals surface area (Å²) in [6.07, 6.45) is 0.346. The minimum absolute atomic E-state index is 0.0446. The van der Waals surface area contributed by atoms with Gasteiger partial charge in [-0.05, 0) is 43.9 Å². The fourth-order valence-electron chi connectivity index (χ4n) is 2.62. The minimum atomic E-state index is -2.97. The molecule has 4 N–H and O–H groups in total.